The minimum absolute atomic E-state index is 0.0364. The molecule has 1 aromatic carbocycles. The Morgan fingerprint density at radius 1 is 1.27 bits per heavy atom. The number of nitrogens with zero attached hydrogens (tertiary/aromatic N) is 6. The van der Waals surface area contributed by atoms with Gasteiger partial charge in [-0.1, -0.05) is 53.4 Å². The Hall–Kier alpha value is -2.61. The third-order valence-electron chi connectivity index (χ3n) is 4.64. The van der Waals surface area contributed by atoms with Crippen LogP contribution in [0.1, 0.15) is 41.2 Å². The molecule has 1 unspecified atom stereocenters. The molecule has 1 aliphatic rings. The first-order chi connectivity index (χ1) is 12.8. The van der Waals surface area contributed by atoms with Crippen LogP contribution in [0.25, 0.3) is 11.3 Å². The molecule has 8 heteroatoms. The minimum atomic E-state index is 0.0364. The Balaban J connectivity index is 1.46. The third-order valence-corrected chi connectivity index (χ3v) is 5.40. The highest BCUT2D eigenvalue weighted by atomic mass is 32.1. The van der Waals surface area contributed by atoms with E-state index in [1.54, 1.807) is 0 Å². The van der Waals surface area contributed by atoms with Gasteiger partial charge < -0.3 is 4.90 Å². The molecule has 0 radical (unpaired) electrons. The third kappa shape index (κ3) is 3.24. The predicted molar refractivity (Wildman–Crippen MR) is 98.9 cm³/mol. The van der Waals surface area contributed by atoms with Crippen molar-refractivity contribution in [3.05, 3.63) is 47.1 Å². The Kier molecular flexibility index (Phi) is 4.75. The Morgan fingerprint density at radius 2 is 2.12 bits per heavy atom. The molecule has 2 aromatic heterocycles. The molecule has 134 valence electrons. The molecule has 0 N–H and O–H groups in total. The second kappa shape index (κ2) is 7.33. The van der Waals surface area contributed by atoms with Gasteiger partial charge in [0.15, 0.2) is 0 Å². The van der Waals surface area contributed by atoms with Crippen LogP contribution in [-0.4, -0.2) is 48.5 Å². The van der Waals surface area contributed by atoms with Gasteiger partial charge in [0, 0.05) is 18.7 Å². The van der Waals surface area contributed by atoms with Crippen molar-refractivity contribution in [2.75, 3.05) is 13.1 Å². The average Bonchev–Trinajstić information content (AvgIpc) is 3.42. The van der Waals surface area contributed by atoms with Gasteiger partial charge in [-0.2, -0.15) is 0 Å². The summed E-state index contributed by atoms with van der Waals surface area (Å²) in [6, 6.07) is 10.1. The van der Waals surface area contributed by atoms with Crippen LogP contribution < -0.4 is 0 Å². The van der Waals surface area contributed by atoms with Gasteiger partial charge in [-0.25, -0.2) is 4.68 Å². The van der Waals surface area contributed by atoms with Crippen LogP contribution in [0.2, 0.25) is 0 Å². The van der Waals surface area contributed by atoms with Crippen LogP contribution in [0.15, 0.2) is 36.5 Å². The van der Waals surface area contributed by atoms with E-state index in [1.165, 1.54) is 11.5 Å². The average molecular weight is 368 g/mol. The molecule has 0 bridgehead atoms. The monoisotopic (exact) mass is 368 g/mol. The van der Waals surface area contributed by atoms with Crippen molar-refractivity contribution < 1.29 is 4.79 Å². The molecule has 1 fully saturated rings. The maximum Gasteiger partial charge on any atom is 0.267 e. The summed E-state index contributed by atoms with van der Waals surface area (Å²) in [5.41, 5.74) is 2.72. The lowest BCUT2D eigenvalue weighted by Gasteiger charge is -2.15. The minimum Gasteiger partial charge on any atom is -0.336 e. The SMILES string of the molecule is CCCc1nnsc1C(=O)N1CCC(n2cc(-c3ccccc3)nn2)C1. The zero-order chi connectivity index (χ0) is 17.9. The number of amides is 1. The van der Waals surface area contributed by atoms with Crippen molar-refractivity contribution >= 4 is 17.4 Å². The van der Waals surface area contributed by atoms with E-state index in [4.69, 9.17) is 0 Å². The number of aryl methyl sites for hydroxylation is 1. The molecular weight excluding hydrogens is 348 g/mol. The lowest BCUT2D eigenvalue weighted by atomic mass is 10.2. The standard InChI is InChI=1S/C18H20N6OS/c1-2-6-15-17(26-22-20-15)18(25)23-10-9-14(11-23)24-12-16(19-21-24)13-7-4-3-5-8-13/h3-5,7-8,12,14H,2,6,9-11H2,1H3. The molecule has 3 aromatic rings. The summed E-state index contributed by atoms with van der Waals surface area (Å²) < 4.78 is 5.85. The van der Waals surface area contributed by atoms with Crippen molar-refractivity contribution in [2.45, 2.75) is 32.2 Å². The Morgan fingerprint density at radius 3 is 2.92 bits per heavy atom. The van der Waals surface area contributed by atoms with Gasteiger partial charge >= 0.3 is 0 Å². The smallest absolute Gasteiger partial charge is 0.267 e. The predicted octanol–water partition coefficient (Wildman–Crippen LogP) is 2.84. The van der Waals surface area contributed by atoms with E-state index < -0.39 is 0 Å². The number of rotatable bonds is 5. The molecular formula is C18H20N6OS. The summed E-state index contributed by atoms with van der Waals surface area (Å²) in [7, 11) is 0. The number of carbonyl (C=O) groups is 1. The number of hydrogen-bond acceptors (Lipinski definition) is 6. The number of benzene rings is 1. The molecule has 0 spiro atoms. The quantitative estimate of drug-likeness (QED) is 0.692. The number of aromatic nitrogens is 5. The highest BCUT2D eigenvalue weighted by Gasteiger charge is 2.31. The molecule has 1 saturated heterocycles. The first-order valence-corrected chi connectivity index (χ1v) is 9.61. The van der Waals surface area contributed by atoms with E-state index in [0.29, 0.717) is 18.0 Å². The second-order valence-electron chi connectivity index (χ2n) is 6.44. The lowest BCUT2D eigenvalue weighted by molar-refractivity contribution is 0.0790. The number of hydrogen-bond donors (Lipinski definition) is 0. The molecule has 3 heterocycles. The van der Waals surface area contributed by atoms with E-state index in [-0.39, 0.29) is 11.9 Å². The van der Waals surface area contributed by atoms with Crippen molar-refractivity contribution in [1.29, 1.82) is 0 Å². The van der Waals surface area contributed by atoms with Crippen LogP contribution in [0.4, 0.5) is 0 Å². The summed E-state index contributed by atoms with van der Waals surface area (Å²) in [5.74, 6) is 0.0364. The van der Waals surface area contributed by atoms with E-state index >= 15 is 0 Å². The lowest BCUT2D eigenvalue weighted by Crippen LogP contribution is -2.29. The van der Waals surface area contributed by atoms with Crippen LogP contribution in [-0.2, 0) is 6.42 Å². The normalized spacial score (nSPS) is 17.0. The van der Waals surface area contributed by atoms with Crippen LogP contribution in [0.5, 0.6) is 0 Å². The summed E-state index contributed by atoms with van der Waals surface area (Å²) in [4.78, 5) is 15.4. The highest BCUT2D eigenvalue weighted by Crippen LogP contribution is 2.26. The molecule has 1 amide bonds. The fourth-order valence-corrected chi connectivity index (χ4v) is 3.93. The van der Waals surface area contributed by atoms with Crippen LogP contribution in [0, 0.1) is 0 Å². The van der Waals surface area contributed by atoms with Gasteiger partial charge in [0.1, 0.15) is 10.6 Å². The van der Waals surface area contributed by atoms with Crippen molar-refractivity contribution in [3.63, 3.8) is 0 Å². The maximum atomic E-state index is 12.8. The summed E-state index contributed by atoms with van der Waals surface area (Å²) in [5, 5.41) is 12.7. The van der Waals surface area contributed by atoms with Crippen LogP contribution >= 0.6 is 11.5 Å². The van der Waals surface area contributed by atoms with Gasteiger partial charge in [0.05, 0.1) is 17.9 Å². The van der Waals surface area contributed by atoms with E-state index in [1.807, 2.05) is 46.1 Å². The molecule has 26 heavy (non-hydrogen) atoms. The molecule has 7 nitrogen and oxygen atoms in total. The van der Waals surface area contributed by atoms with Gasteiger partial charge in [-0.15, -0.1) is 10.2 Å². The number of carbonyl (C=O) groups excluding carboxylic acids is 1. The topological polar surface area (TPSA) is 76.8 Å². The molecule has 0 aliphatic carbocycles. The second-order valence-corrected chi connectivity index (χ2v) is 7.20. The molecule has 1 atom stereocenters. The Bertz CT molecular complexity index is 890. The fourth-order valence-electron chi connectivity index (χ4n) is 3.25. The van der Waals surface area contributed by atoms with E-state index in [9.17, 15) is 4.79 Å². The first-order valence-electron chi connectivity index (χ1n) is 8.84. The fraction of sp³-hybridized carbons (Fsp3) is 0.389. The molecule has 0 saturated carbocycles. The highest BCUT2D eigenvalue weighted by molar-refractivity contribution is 7.08. The number of likely N-dealkylation sites (tertiary alicyclic amines) is 1. The maximum absolute atomic E-state index is 12.8. The zero-order valence-electron chi connectivity index (χ0n) is 14.6. The van der Waals surface area contributed by atoms with Gasteiger partial charge in [0.2, 0.25) is 0 Å². The van der Waals surface area contributed by atoms with Gasteiger partial charge in [0.25, 0.3) is 5.91 Å². The molecule has 4 rings (SSSR count). The van der Waals surface area contributed by atoms with Gasteiger partial charge in [-0.05, 0) is 24.4 Å². The van der Waals surface area contributed by atoms with Gasteiger partial charge in [-0.3, -0.25) is 4.79 Å². The largest absolute Gasteiger partial charge is 0.336 e. The van der Waals surface area contributed by atoms with Crippen molar-refractivity contribution in [1.82, 2.24) is 29.5 Å². The summed E-state index contributed by atoms with van der Waals surface area (Å²) >= 11 is 1.20. The van der Waals surface area contributed by atoms with Crippen LogP contribution in [0.3, 0.4) is 0 Å². The first kappa shape index (κ1) is 16.8. The van der Waals surface area contributed by atoms with Crippen molar-refractivity contribution in [3.8, 4) is 11.3 Å². The Labute approximate surface area is 155 Å². The molecule has 1 aliphatic heterocycles. The summed E-state index contributed by atoms with van der Waals surface area (Å²) in [6.45, 7) is 3.43. The summed E-state index contributed by atoms with van der Waals surface area (Å²) in [6.07, 6.45) is 4.58. The van der Waals surface area contributed by atoms with E-state index in [2.05, 4.69) is 26.8 Å². The van der Waals surface area contributed by atoms with E-state index in [0.717, 1.165) is 36.2 Å². The zero-order valence-corrected chi connectivity index (χ0v) is 15.4. The van der Waals surface area contributed by atoms with Crippen molar-refractivity contribution in [2.24, 2.45) is 0 Å².